The Hall–Kier alpha value is -0.220. The molecule has 1 N–H and O–H groups in total. The molecule has 6 heteroatoms. The molecule has 0 aliphatic carbocycles. The zero-order valence-corrected chi connectivity index (χ0v) is 12.5. The van der Waals surface area contributed by atoms with Crippen LogP contribution in [0.2, 0.25) is 15.2 Å². The van der Waals surface area contributed by atoms with Gasteiger partial charge in [0.1, 0.15) is 11.0 Å². The minimum atomic E-state index is 0.284. The molecule has 100 valence electrons. The third kappa shape index (κ3) is 3.41. The number of halogens is 3. The van der Waals surface area contributed by atoms with Gasteiger partial charge in [0, 0.05) is 12.6 Å². The van der Waals surface area contributed by atoms with Crippen molar-refractivity contribution in [3.63, 3.8) is 0 Å². The van der Waals surface area contributed by atoms with Gasteiger partial charge in [-0.05, 0) is 32.0 Å². The topological polar surface area (TPSA) is 28.2 Å². The number of likely N-dealkylation sites (N-methyl/N-ethyl adjacent to an activating group) is 1. The fraction of sp³-hybridized carbons (Fsp3) is 0.583. The molecular weight excluding hydrogens is 293 g/mol. The van der Waals surface area contributed by atoms with Gasteiger partial charge < -0.3 is 10.2 Å². The Morgan fingerprint density at radius 3 is 2.89 bits per heavy atom. The fourth-order valence-electron chi connectivity index (χ4n) is 2.20. The van der Waals surface area contributed by atoms with Gasteiger partial charge in [-0.2, -0.15) is 0 Å². The first kappa shape index (κ1) is 14.2. The number of rotatable bonds is 3. The van der Waals surface area contributed by atoms with Crippen LogP contribution in [-0.2, 0) is 0 Å². The Labute approximate surface area is 122 Å². The van der Waals surface area contributed by atoms with Gasteiger partial charge in [0.05, 0.1) is 10.0 Å². The summed E-state index contributed by atoms with van der Waals surface area (Å²) in [5.74, 6) is 0.619. The van der Waals surface area contributed by atoms with Gasteiger partial charge in [-0.3, -0.25) is 0 Å². The molecule has 1 saturated heterocycles. The molecule has 0 spiro atoms. The van der Waals surface area contributed by atoms with Crippen molar-refractivity contribution in [2.75, 3.05) is 25.0 Å². The van der Waals surface area contributed by atoms with Gasteiger partial charge in [0.25, 0.3) is 0 Å². The van der Waals surface area contributed by atoms with E-state index in [0.717, 1.165) is 26.1 Å². The molecule has 0 aromatic carbocycles. The summed E-state index contributed by atoms with van der Waals surface area (Å²) in [5.41, 5.74) is 0. The first-order valence-electron chi connectivity index (χ1n) is 6.10. The van der Waals surface area contributed by atoms with Crippen LogP contribution >= 0.6 is 34.8 Å². The lowest BCUT2D eigenvalue weighted by Crippen LogP contribution is -2.42. The molecule has 1 atom stereocenters. The van der Waals surface area contributed by atoms with Crippen LogP contribution in [0.5, 0.6) is 0 Å². The van der Waals surface area contributed by atoms with Gasteiger partial charge in [0.2, 0.25) is 0 Å². The second-order valence-corrected chi connectivity index (χ2v) is 5.64. The molecule has 0 radical (unpaired) electrons. The predicted octanol–water partition coefficient (Wildman–Crippen LogP) is 3.94. The van der Waals surface area contributed by atoms with Crippen LogP contribution in [0.4, 0.5) is 5.82 Å². The summed E-state index contributed by atoms with van der Waals surface area (Å²) >= 11 is 17.9. The van der Waals surface area contributed by atoms with Gasteiger partial charge in [0.15, 0.2) is 0 Å². The second-order valence-electron chi connectivity index (χ2n) is 4.47. The van der Waals surface area contributed by atoms with E-state index in [0.29, 0.717) is 21.9 Å². The molecule has 1 aromatic rings. The molecular formula is C12H16Cl3N3. The monoisotopic (exact) mass is 307 g/mol. The van der Waals surface area contributed by atoms with Crippen LogP contribution in [-0.4, -0.2) is 35.6 Å². The van der Waals surface area contributed by atoms with Gasteiger partial charge in [-0.15, -0.1) is 0 Å². The van der Waals surface area contributed by atoms with Crippen molar-refractivity contribution in [1.29, 1.82) is 0 Å². The van der Waals surface area contributed by atoms with Crippen molar-refractivity contribution >= 4 is 40.6 Å². The summed E-state index contributed by atoms with van der Waals surface area (Å²) in [7, 11) is 0. The number of hydrogen-bond donors (Lipinski definition) is 1. The van der Waals surface area contributed by atoms with E-state index < -0.39 is 0 Å². The lowest BCUT2D eigenvalue weighted by Gasteiger charge is -2.32. The number of pyridine rings is 1. The van der Waals surface area contributed by atoms with Crippen LogP contribution in [0.1, 0.15) is 19.8 Å². The third-order valence-electron chi connectivity index (χ3n) is 3.18. The SMILES string of the molecule is CCN1CCCC(Nc2nc(Cl)c(Cl)cc2Cl)C1. The van der Waals surface area contributed by atoms with Crippen LogP contribution in [0.25, 0.3) is 0 Å². The summed E-state index contributed by atoms with van der Waals surface area (Å²) in [5, 5.41) is 4.53. The Bertz CT molecular complexity index is 425. The van der Waals surface area contributed by atoms with E-state index in [1.54, 1.807) is 6.07 Å². The van der Waals surface area contributed by atoms with Crippen LogP contribution in [0.3, 0.4) is 0 Å². The van der Waals surface area contributed by atoms with Crippen molar-refractivity contribution in [3.05, 3.63) is 21.3 Å². The average Bonchev–Trinajstić information content (AvgIpc) is 2.36. The Balaban J connectivity index is 2.07. The number of likely N-dealkylation sites (tertiary alicyclic amines) is 1. The van der Waals surface area contributed by atoms with Crippen molar-refractivity contribution in [1.82, 2.24) is 9.88 Å². The van der Waals surface area contributed by atoms with Gasteiger partial charge in [-0.1, -0.05) is 41.7 Å². The third-order valence-corrected chi connectivity index (χ3v) is 4.14. The lowest BCUT2D eigenvalue weighted by atomic mass is 10.1. The smallest absolute Gasteiger partial charge is 0.150 e. The standard InChI is InChI=1S/C12H16Cl3N3/c1-2-18-5-3-4-8(7-18)16-12-10(14)6-9(13)11(15)17-12/h6,8H,2-5,7H2,1H3,(H,16,17). The lowest BCUT2D eigenvalue weighted by molar-refractivity contribution is 0.226. The number of nitrogens with one attached hydrogen (secondary N) is 1. The highest BCUT2D eigenvalue weighted by atomic mass is 35.5. The highest BCUT2D eigenvalue weighted by Gasteiger charge is 2.20. The van der Waals surface area contributed by atoms with E-state index >= 15 is 0 Å². The zero-order valence-electron chi connectivity index (χ0n) is 10.2. The van der Waals surface area contributed by atoms with Crippen LogP contribution in [0.15, 0.2) is 6.07 Å². The van der Waals surface area contributed by atoms with Gasteiger partial charge in [-0.25, -0.2) is 4.98 Å². The summed E-state index contributed by atoms with van der Waals surface area (Å²) in [6.45, 7) is 5.42. The number of anilines is 1. The van der Waals surface area contributed by atoms with E-state index in [1.807, 2.05) is 0 Å². The van der Waals surface area contributed by atoms with E-state index in [4.69, 9.17) is 34.8 Å². The van der Waals surface area contributed by atoms with E-state index in [9.17, 15) is 0 Å². The minimum Gasteiger partial charge on any atom is -0.365 e. The Morgan fingerprint density at radius 2 is 2.17 bits per heavy atom. The normalized spacial score (nSPS) is 21.0. The first-order chi connectivity index (χ1) is 8.60. The molecule has 2 heterocycles. The molecule has 1 fully saturated rings. The molecule has 0 saturated carbocycles. The average molecular weight is 309 g/mol. The number of hydrogen-bond acceptors (Lipinski definition) is 3. The number of nitrogens with zero attached hydrogens (tertiary/aromatic N) is 2. The molecule has 18 heavy (non-hydrogen) atoms. The van der Waals surface area contributed by atoms with E-state index in [2.05, 4.69) is 22.1 Å². The van der Waals surface area contributed by atoms with Gasteiger partial charge >= 0.3 is 0 Å². The van der Waals surface area contributed by atoms with Crippen molar-refractivity contribution in [2.45, 2.75) is 25.8 Å². The van der Waals surface area contributed by atoms with Crippen molar-refractivity contribution in [3.8, 4) is 0 Å². The van der Waals surface area contributed by atoms with E-state index in [1.165, 1.54) is 6.42 Å². The Kier molecular flexibility index (Phi) is 4.96. The fourth-order valence-corrected chi connectivity index (χ4v) is 2.75. The molecule has 0 bridgehead atoms. The maximum Gasteiger partial charge on any atom is 0.150 e. The molecule has 1 aromatic heterocycles. The summed E-state index contributed by atoms with van der Waals surface area (Å²) in [6.07, 6.45) is 2.30. The largest absolute Gasteiger partial charge is 0.365 e. The van der Waals surface area contributed by atoms with Crippen molar-refractivity contribution in [2.24, 2.45) is 0 Å². The minimum absolute atomic E-state index is 0.284. The highest BCUT2D eigenvalue weighted by molar-refractivity contribution is 6.42. The first-order valence-corrected chi connectivity index (χ1v) is 7.24. The van der Waals surface area contributed by atoms with Crippen molar-refractivity contribution < 1.29 is 0 Å². The summed E-state index contributed by atoms with van der Waals surface area (Å²) in [6, 6.07) is 1.99. The predicted molar refractivity (Wildman–Crippen MR) is 78.0 cm³/mol. The summed E-state index contributed by atoms with van der Waals surface area (Å²) in [4.78, 5) is 6.60. The zero-order chi connectivity index (χ0) is 13.1. The molecule has 0 amide bonds. The highest BCUT2D eigenvalue weighted by Crippen LogP contribution is 2.29. The quantitative estimate of drug-likeness (QED) is 0.857. The molecule has 1 unspecified atom stereocenters. The number of aromatic nitrogens is 1. The molecule has 1 aliphatic rings. The Morgan fingerprint density at radius 1 is 1.39 bits per heavy atom. The van der Waals surface area contributed by atoms with Crippen LogP contribution in [0, 0.1) is 0 Å². The number of piperidine rings is 1. The van der Waals surface area contributed by atoms with Crippen LogP contribution < -0.4 is 5.32 Å². The maximum absolute atomic E-state index is 6.11. The molecule has 1 aliphatic heterocycles. The molecule has 3 nitrogen and oxygen atoms in total. The summed E-state index contributed by atoms with van der Waals surface area (Å²) < 4.78 is 0. The maximum atomic E-state index is 6.11. The molecule has 2 rings (SSSR count). The van der Waals surface area contributed by atoms with E-state index in [-0.39, 0.29) is 5.15 Å². The second kappa shape index (κ2) is 6.29.